The van der Waals surface area contributed by atoms with Gasteiger partial charge in [0.15, 0.2) is 0 Å². The summed E-state index contributed by atoms with van der Waals surface area (Å²) in [7, 11) is 0.727. The van der Waals surface area contributed by atoms with Crippen molar-refractivity contribution in [1.29, 1.82) is 0 Å². The van der Waals surface area contributed by atoms with Crippen molar-refractivity contribution in [3.8, 4) is 17.6 Å². The van der Waals surface area contributed by atoms with E-state index in [0.717, 1.165) is 20.2 Å². The highest BCUT2D eigenvalue weighted by Crippen LogP contribution is 2.20. The number of benzene rings is 2. The average Bonchev–Trinajstić information content (AvgIpc) is 3.30. The van der Waals surface area contributed by atoms with E-state index < -0.39 is 21.3 Å². The largest absolute Gasteiger partial charge is 0.497 e. The first kappa shape index (κ1) is 25.4. The molecule has 10 heteroatoms. The van der Waals surface area contributed by atoms with E-state index >= 15 is 0 Å². The van der Waals surface area contributed by atoms with Crippen LogP contribution < -0.4 is 16.0 Å². The zero-order valence-corrected chi connectivity index (χ0v) is 21.9. The van der Waals surface area contributed by atoms with Gasteiger partial charge in [-0.15, -0.1) is 11.3 Å². The van der Waals surface area contributed by atoms with Crippen LogP contribution >= 0.6 is 11.3 Å². The smallest absolute Gasteiger partial charge is 0.336 e. The predicted molar refractivity (Wildman–Crippen MR) is 141 cm³/mol. The monoisotopic (exact) mass is 523 g/mol. The number of fused-ring (bicyclic) bond motifs is 1. The molecule has 0 aliphatic carbocycles. The van der Waals surface area contributed by atoms with Crippen molar-refractivity contribution in [3.63, 3.8) is 0 Å². The van der Waals surface area contributed by atoms with Crippen LogP contribution in [0.5, 0.6) is 5.75 Å². The lowest BCUT2D eigenvalue weighted by Gasteiger charge is -2.16. The minimum atomic E-state index is -3.75. The number of nitrogens with zero attached hydrogens (tertiary/aromatic N) is 3. The maximum Gasteiger partial charge on any atom is 0.336 e. The number of rotatable bonds is 6. The van der Waals surface area contributed by atoms with E-state index in [2.05, 4.69) is 11.8 Å². The number of thiazole rings is 1. The number of aromatic nitrogens is 2. The van der Waals surface area contributed by atoms with Gasteiger partial charge in [-0.05, 0) is 36.2 Å². The van der Waals surface area contributed by atoms with Crippen LogP contribution in [0.1, 0.15) is 21.6 Å². The zero-order chi connectivity index (χ0) is 26.0. The van der Waals surface area contributed by atoms with E-state index in [1.165, 1.54) is 35.9 Å². The van der Waals surface area contributed by atoms with Gasteiger partial charge in [-0.25, -0.2) is 17.5 Å². The van der Waals surface area contributed by atoms with Crippen LogP contribution in [-0.4, -0.2) is 42.9 Å². The summed E-state index contributed by atoms with van der Waals surface area (Å²) in [6.45, 7) is 1.48. The van der Waals surface area contributed by atoms with Crippen LogP contribution in [0.3, 0.4) is 0 Å². The molecule has 0 aliphatic heterocycles. The molecule has 0 saturated carbocycles. The van der Waals surface area contributed by atoms with Gasteiger partial charge < -0.3 is 4.74 Å². The molecule has 2 aromatic heterocycles. The molecule has 8 nitrogen and oxygen atoms in total. The topological polar surface area (TPSA) is 90.1 Å². The van der Waals surface area contributed by atoms with Gasteiger partial charge >= 0.3 is 5.69 Å². The standard InChI is InChI=1S/C26H25N3O5S2/c1-18-24(30)28(16-20-11-5-6-14-23(20)36(32,33)27(2)3)26(31)29-17-22(35-25(18)29)13-8-10-19-9-7-12-21(15-19)34-4/h5-7,9,11-12,14-15,17H,10,16H2,1-4H3. The normalized spacial score (nSPS) is 11.5. The number of ether oxygens (including phenoxy) is 1. The molecule has 0 atom stereocenters. The average molecular weight is 524 g/mol. The van der Waals surface area contributed by atoms with Gasteiger partial charge in [-0.3, -0.25) is 13.8 Å². The molecule has 0 saturated heterocycles. The molecule has 0 aliphatic rings. The summed E-state index contributed by atoms with van der Waals surface area (Å²) >= 11 is 1.27. The molecule has 4 rings (SSSR count). The lowest BCUT2D eigenvalue weighted by atomic mass is 10.1. The third-order valence-electron chi connectivity index (χ3n) is 5.69. The first-order valence-electron chi connectivity index (χ1n) is 11.0. The second-order valence-corrected chi connectivity index (χ2v) is 11.4. The maximum atomic E-state index is 13.3. The Morgan fingerprint density at radius 1 is 1.08 bits per heavy atom. The Balaban J connectivity index is 1.72. The van der Waals surface area contributed by atoms with E-state index in [0.29, 0.717) is 27.3 Å². The quantitative estimate of drug-likeness (QED) is 0.363. The third kappa shape index (κ3) is 4.86. The second-order valence-electron chi connectivity index (χ2n) is 8.29. The van der Waals surface area contributed by atoms with Crippen molar-refractivity contribution >= 4 is 26.2 Å². The first-order chi connectivity index (χ1) is 17.1. The van der Waals surface area contributed by atoms with E-state index in [4.69, 9.17) is 4.74 Å². The van der Waals surface area contributed by atoms with Gasteiger partial charge in [0.1, 0.15) is 10.6 Å². The SMILES string of the molecule is COc1cccc(CC#Cc2cn3c(=O)n(Cc4ccccc4S(=O)(=O)N(C)C)c(=O)c(C)c3s2)c1. The summed E-state index contributed by atoms with van der Waals surface area (Å²) in [4.78, 5) is 27.6. The number of sulfonamides is 1. The fraction of sp³-hybridized carbons (Fsp3) is 0.231. The highest BCUT2D eigenvalue weighted by atomic mass is 32.2. The maximum absolute atomic E-state index is 13.3. The van der Waals surface area contributed by atoms with Crippen molar-refractivity contribution in [1.82, 2.24) is 13.3 Å². The van der Waals surface area contributed by atoms with Gasteiger partial charge in [-0.1, -0.05) is 42.2 Å². The number of hydrogen-bond acceptors (Lipinski definition) is 6. The minimum absolute atomic E-state index is 0.0541. The molecule has 2 aromatic carbocycles. The molecule has 36 heavy (non-hydrogen) atoms. The van der Waals surface area contributed by atoms with Crippen LogP contribution in [0, 0.1) is 18.8 Å². The Hall–Kier alpha value is -3.65. The Labute approximate surface area is 213 Å². The number of aryl methyl sites for hydroxylation is 1. The number of hydrogen-bond donors (Lipinski definition) is 0. The summed E-state index contributed by atoms with van der Waals surface area (Å²) in [5.41, 5.74) is 0.749. The van der Waals surface area contributed by atoms with Gasteiger partial charge in [0, 0.05) is 32.3 Å². The van der Waals surface area contributed by atoms with E-state index in [-0.39, 0.29) is 11.4 Å². The Bertz CT molecular complexity index is 1740. The number of methoxy groups -OCH3 is 1. The minimum Gasteiger partial charge on any atom is -0.497 e. The van der Waals surface area contributed by atoms with Crippen LogP contribution in [-0.2, 0) is 23.0 Å². The van der Waals surface area contributed by atoms with E-state index in [1.807, 2.05) is 24.3 Å². The summed E-state index contributed by atoms with van der Waals surface area (Å²) in [5, 5.41) is 0. The van der Waals surface area contributed by atoms with Gasteiger partial charge in [-0.2, -0.15) is 0 Å². The molecule has 2 heterocycles. The van der Waals surface area contributed by atoms with Gasteiger partial charge in [0.25, 0.3) is 5.56 Å². The molecule has 0 bridgehead atoms. The lowest BCUT2D eigenvalue weighted by molar-refractivity contribution is 0.414. The molecule has 0 N–H and O–H groups in total. The summed E-state index contributed by atoms with van der Waals surface area (Å²) in [6.07, 6.45) is 2.12. The molecule has 0 unspecified atom stereocenters. The zero-order valence-electron chi connectivity index (χ0n) is 20.3. The Kier molecular flexibility index (Phi) is 7.17. The first-order valence-corrected chi connectivity index (χ1v) is 13.3. The van der Waals surface area contributed by atoms with Crippen molar-refractivity contribution in [3.05, 3.63) is 97.1 Å². The highest BCUT2D eigenvalue weighted by Gasteiger charge is 2.22. The summed E-state index contributed by atoms with van der Waals surface area (Å²) in [5.74, 6) is 6.94. The van der Waals surface area contributed by atoms with Crippen molar-refractivity contribution in [2.75, 3.05) is 21.2 Å². The van der Waals surface area contributed by atoms with Crippen molar-refractivity contribution in [2.45, 2.75) is 24.8 Å². The molecule has 0 fully saturated rings. The van der Waals surface area contributed by atoms with E-state index in [9.17, 15) is 18.0 Å². The van der Waals surface area contributed by atoms with Crippen molar-refractivity contribution < 1.29 is 13.2 Å². The molecule has 0 amide bonds. The highest BCUT2D eigenvalue weighted by molar-refractivity contribution is 7.89. The fourth-order valence-corrected chi connectivity index (χ4v) is 5.80. The van der Waals surface area contributed by atoms with E-state index in [1.54, 1.807) is 38.4 Å². The van der Waals surface area contributed by atoms with Gasteiger partial charge in [0.2, 0.25) is 10.0 Å². The van der Waals surface area contributed by atoms with Gasteiger partial charge in [0.05, 0.1) is 23.4 Å². The molecule has 4 aromatic rings. The Morgan fingerprint density at radius 2 is 1.83 bits per heavy atom. The molecule has 0 radical (unpaired) electrons. The molecular weight excluding hydrogens is 498 g/mol. The lowest BCUT2D eigenvalue weighted by Crippen LogP contribution is -2.39. The van der Waals surface area contributed by atoms with Crippen molar-refractivity contribution in [2.24, 2.45) is 0 Å². The molecular formula is C26H25N3O5S2. The van der Waals surface area contributed by atoms with Crippen LogP contribution in [0.4, 0.5) is 0 Å². The fourth-order valence-electron chi connectivity index (χ4n) is 3.73. The third-order valence-corrected chi connectivity index (χ3v) is 8.73. The van der Waals surface area contributed by atoms with Crippen LogP contribution in [0.2, 0.25) is 0 Å². The summed E-state index contributed by atoms with van der Waals surface area (Å²) < 4.78 is 34.3. The Morgan fingerprint density at radius 3 is 2.56 bits per heavy atom. The van der Waals surface area contributed by atoms with Crippen LogP contribution in [0.15, 0.2) is 69.2 Å². The van der Waals surface area contributed by atoms with Crippen LogP contribution in [0.25, 0.3) is 4.83 Å². The summed E-state index contributed by atoms with van der Waals surface area (Å²) in [6, 6.07) is 14.0. The molecule has 186 valence electrons. The predicted octanol–water partition coefficient (Wildman–Crippen LogP) is 2.73. The second kappa shape index (κ2) is 10.1. The molecule has 0 spiro atoms.